The Morgan fingerprint density at radius 3 is 2.14 bits per heavy atom. The number of amidine groups is 1. The summed E-state index contributed by atoms with van der Waals surface area (Å²) in [5.74, 6) is -0.354. The lowest BCUT2D eigenvalue weighted by atomic mass is 9.91. The Kier molecular flexibility index (Phi) is 16.9. The molecule has 0 aromatic rings. The molecule has 0 aromatic heterocycles. The van der Waals surface area contributed by atoms with Crippen LogP contribution in [0.2, 0.25) is 0 Å². The summed E-state index contributed by atoms with van der Waals surface area (Å²) < 4.78 is 5.28. The van der Waals surface area contributed by atoms with Crippen LogP contribution in [0.1, 0.15) is 61.3 Å². The van der Waals surface area contributed by atoms with Crippen LogP contribution in [0.4, 0.5) is 4.79 Å². The Labute approximate surface area is 255 Å². The molecule has 1 heterocycles. The van der Waals surface area contributed by atoms with Crippen molar-refractivity contribution in [3.8, 4) is 0 Å². The molecular weight excluding hydrogens is 560 g/mol. The second kappa shape index (κ2) is 18.9. The van der Waals surface area contributed by atoms with Crippen LogP contribution in [0.15, 0.2) is 4.99 Å². The van der Waals surface area contributed by atoms with Crippen LogP contribution in [0.5, 0.6) is 0 Å². The summed E-state index contributed by atoms with van der Waals surface area (Å²) in [7, 11) is 1.87. The maximum Gasteiger partial charge on any atom is 0.408 e. The van der Waals surface area contributed by atoms with Gasteiger partial charge in [-0.1, -0.05) is 48.5 Å². The number of hydrogen-bond donors (Lipinski definition) is 5. The first kappa shape index (κ1) is 37.5. The van der Waals surface area contributed by atoms with Crippen LogP contribution in [0.25, 0.3) is 0 Å². The van der Waals surface area contributed by atoms with Gasteiger partial charge in [0.1, 0.15) is 17.9 Å². The highest BCUT2D eigenvalue weighted by Crippen LogP contribution is 2.17. The van der Waals surface area contributed by atoms with Gasteiger partial charge < -0.3 is 36.0 Å². The van der Waals surface area contributed by atoms with Gasteiger partial charge in [0.05, 0.1) is 18.7 Å². The number of nitrogens with zero attached hydrogens (tertiary/aromatic N) is 2. The molecule has 0 spiro atoms. The molecule has 0 saturated heterocycles. The predicted octanol–water partition coefficient (Wildman–Crippen LogP) is 1.62. The fourth-order valence-electron chi connectivity index (χ4n) is 4.38. The number of aliphatic imine (C=N–C) groups is 1. The molecule has 42 heavy (non-hydrogen) atoms. The Morgan fingerprint density at radius 1 is 0.952 bits per heavy atom. The van der Waals surface area contributed by atoms with Crippen molar-refractivity contribution in [3.63, 3.8) is 0 Å². The van der Waals surface area contributed by atoms with Crippen molar-refractivity contribution in [2.75, 3.05) is 45.3 Å². The third-order valence-corrected chi connectivity index (χ3v) is 7.60. The number of amides is 4. The second-order valence-corrected chi connectivity index (χ2v) is 13.2. The average molecular weight is 615 g/mol. The molecule has 5 N–H and O–H groups in total. The van der Waals surface area contributed by atoms with Gasteiger partial charge >= 0.3 is 6.09 Å². The van der Waals surface area contributed by atoms with E-state index < -0.39 is 42.1 Å². The molecule has 0 saturated carbocycles. The van der Waals surface area contributed by atoms with Gasteiger partial charge in [0.2, 0.25) is 17.7 Å². The maximum absolute atomic E-state index is 13.2. The van der Waals surface area contributed by atoms with Crippen molar-refractivity contribution in [1.29, 1.82) is 0 Å². The summed E-state index contributed by atoms with van der Waals surface area (Å²) in [4.78, 5) is 57.6. The minimum atomic E-state index is -1.03. The number of aliphatic hydroxyl groups is 1. The van der Waals surface area contributed by atoms with Gasteiger partial charge in [-0.3, -0.25) is 19.4 Å². The van der Waals surface area contributed by atoms with Crippen molar-refractivity contribution in [2.24, 2.45) is 28.7 Å². The van der Waals surface area contributed by atoms with Crippen molar-refractivity contribution < 1.29 is 29.0 Å². The molecule has 12 nitrogen and oxygen atoms in total. The van der Waals surface area contributed by atoms with Gasteiger partial charge in [-0.25, -0.2) is 4.79 Å². The quantitative estimate of drug-likeness (QED) is 0.156. The van der Waals surface area contributed by atoms with Crippen LogP contribution in [0.3, 0.4) is 0 Å². The van der Waals surface area contributed by atoms with E-state index in [9.17, 15) is 24.3 Å². The molecule has 0 unspecified atom stereocenters. The number of thioether (sulfide) groups is 1. The average Bonchev–Trinajstić information content (AvgIpc) is 3.32. The topological polar surface area (TPSA) is 161 Å². The van der Waals surface area contributed by atoms with E-state index >= 15 is 0 Å². The standard InChI is InChI=1S/C29H54N6O6S/c1-17(2)12-21(23(36)13-20(7)26(37)34-25(19(5)6)28(39)31-14-18(3)4)32-27(38)22(16-42-9)33-29(40)41-15-24-30-10-11-35(24)8/h17-23,25,36H,10-16H2,1-9H3,(H,31,39)(H,32,38)(H,33,40)(H,34,37)/t20-,21+,22+,23+,25-/m1/s1. The minimum absolute atomic E-state index is 0.0155. The molecule has 5 atom stereocenters. The summed E-state index contributed by atoms with van der Waals surface area (Å²) >= 11 is 1.39. The van der Waals surface area contributed by atoms with E-state index in [-0.39, 0.29) is 42.6 Å². The summed E-state index contributed by atoms with van der Waals surface area (Å²) in [5, 5.41) is 22.4. The second-order valence-electron chi connectivity index (χ2n) is 12.3. The van der Waals surface area contributed by atoms with Gasteiger partial charge in [0.25, 0.3) is 0 Å². The first-order valence-electron chi connectivity index (χ1n) is 14.9. The molecule has 4 amide bonds. The van der Waals surface area contributed by atoms with Crippen LogP contribution in [-0.2, 0) is 19.1 Å². The van der Waals surface area contributed by atoms with Crippen molar-refractivity contribution >= 4 is 41.4 Å². The smallest absolute Gasteiger partial charge is 0.408 e. The number of carbonyl (C=O) groups excluding carboxylic acids is 4. The highest BCUT2D eigenvalue weighted by molar-refractivity contribution is 7.98. The molecule has 1 aliphatic rings. The molecule has 242 valence electrons. The highest BCUT2D eigenvalue weighted by atomic mass is 32.2. The number of ether oxygens (including phenoxy) is 1. The molecule has 0 aromatic carbocycles. The van der Waals surface area contributed by atoms with Crippen molar-refractivity contribution in [3.05, 3.63) is 0 Å². The Hall–Kier alpha value is -2.54. The number of alkyl carbamates (subject to hydrolysis) is 1. The summed E-state index contributed by atoms with van der Waals surface area (Å²) in [6.45, 7) is 15.3. The predicted molar refractivity (Wildman–Crippen MR) is 167 cm³/mol. The zero-order chi connectivity index (χ0) is 32.0. The third-order valence-electron chi connectivity index (χ3n) is 6.94. The summed E-state index contributed by atoms with van der Waals surface area (Å²) in [6, 6.07) is -2.22. The van der Waals surface area contributed by atoms with Gasteiger partial charge in [-0.2, -0.15) is 11.8 Å². The van der Waals surface area contributed by atoms with Crippen molar-refractivity contribution in [2.45, 2.75) is 85.5 Å². The lowest BCUT2D eigenvalue weighted by Crippen LogP contribution is -2.55. The SMILES string of the molecule is CSC[C@H](NC(=O)OCC1=NCCN1C)C(=O)N[C@@H](CC(C)C)[C@@H](O)C[C@@H](C)C(=O)N[C@@H](C(=O)NCC(C)C)C(C)C. The lowest BCUT2D eigenvalue weighted by Gasteiger charge is -2.30. The molecule has 13 heteroatoms. The summed E-state index contributed by atoms with van der Waals surface area (Å²) in [5.41, 5.74) is 0. The van der Waals surface area contributed by atoms with Crippen LogP contribution >= 0.6 is 11.8 Å². The fraction of sp³-hybridized carbons (Fsp3) is 0.828. The molecule has 1 rings (SSSR count). The van der Waals surface area contributed by atoms with E-state index in [0.29, 0.717) is 31.1 Å². The lowest BCUT2D eigenvalue weighted by molar-refractivity contribution is -0.132. The summed E-state index contributed by atoms with van der Waals surface area (Å²) in [6.07, 6.45) is 0.623. The van der Waals surface area contributed by atoms with E-state index in [4.69, 9.17) is 4.74 Å². The number of likely N-dealkylation sites (N-methyl/N-ethyl adjacent to an activating group) is 1. The number of rotatable bonds is 18. The van der Waals surface area contributed by atoms with E-state index in [1.165, 1.54) is 11.8 Å². The van der Waals surface area contributed by atoms with Crippen molar-refractivity contribution in [1.82, 2.24) is 26.2 Å². The molecule has 0 bridgehead atoms. The monoisotopic (exact) mass is 614 g/mol. The normalized spacial score (nSPS) is 16.9. The molecule has 0 fully saturated rings. The van der Waals surface area contributed by atoms with E-state index in [2.05, 4.69) is 26.3 Å². The van der Waals surface area contributed by atoms with E-state index in [1.807, 2.05) is 59.7 Å². The van der Waals surface area contributed by atoms with Crippen LogP contribution in [0, 0.1) is 23.7 Å². The number of nitrogens with one attached hydrogen (secondary N) is 4. The zero-order valence-corrected chi connectivity index (χ0v) is 27.7. The number of carbonyl (C=O) groups is 4. The minimum Gasteiger partial charge on any atom is -0.441 e. The molecule has 1 aliphatic heterocycles. The van der Waals surface area contributed by atoms with Gasteiger partial charge in [0.15, 0.2) is 6.61 Å². The number of aliphatic hydroxyl groups excluding tert-OH is 1. The first-order valence-corrected chi connectivity index (χ1v) is 16.3. The molecular formula is C29H54N6O6S. The van der Waals surface area contributed by atoms with Crippen LogP contribution in [-0.4, -0.2) is 109 Å². The van der Waals surface area contributed by atoms with Crippen LogP contribution < -0.4 is 21.3 Å². The highest BCUT2D eigenvalue weighted by Gasteiger charge is 2.32. The zero-order valence-electron chi connectivity index (χ0n) is 26.9. The third kappa shape index (κ3) is 13.6. The van der Waals surface area contributed by atoms with E-state index in [0.717, 1.165) is 6.54 Å². The largest absolute Gasteiger partial charge is 0.441 e. The maximum atomic E-state index is 13.2. The van der Waals surface area contributed by atoms with Gasteiger partial charge in [-0.05, 0) is 36.9 Å². The van der Waals surface area contributed by atoms with Gasteiger partial charge in [0, 0.05) is 31.8 Å². The van der Waals surface area contributed by atoms with Gasteiger partial charge in [-0.15, -0.1) is 0 Å². The Balaban J connectivity index is 2.82. The Morgan fingerprint density at radius 2 is 1.62 bits per heavy atom. The molecule has 0 aliphatic carbocycles. The first-order chi connectivity index (χ1) is 19.7. The Bertz CT molecular complexity index is 915. The fourth-order valence-corrected chi connectivity index (χ4v) is 4.95. The number of hydrogen-bond acceptors (Lipinski definition) is 9. The molecule has 0 radical (unpaired) electrons. The van der Waals surface area contributed by atoms with E-state index in [1.54, 1.807) is 6.92 Å².